The summed E-state index contributed by atoms with van der Waals surface area (Å²) >= 11 is 7.68. The van der Waals surface area contributed by atoms with E-state index in [0.717, 1.165) is 12.2 Å². The first-order valence-corrected chi connectivity index (χ1v) is 11.6. The van der Waals surface area contributed by atoms with Crippen LogP contribution in [0.25, 0.3) is 0 Å². The van der Waals surface area contributed by atoms with E-state index >= 15 is 0 Å². The minimum Gasteiger partial charge on any atom is -0.340 e. The molecule has 1 heterocycles. The molecule has 0 spiro atoms. The average Bonchev–Trinajstić information content (AvgIpc) is 2.58. The number of thioether (sulfide) groups is 1. The number of nitrogens with zero attached hydrogens (tertiary/aromatic N) is 2. The summed E-state index contributed by atoms with van der Waals surface area (Å²) in [5, 5.41) is 0.504. The van der Waals surface area contributed by atoms with Crippen LogP contribution in [0.4, 0.5) is 0 Å². The Hall–Kier alpha value is -0.760. The van der Waals surface area contributed by atoms with Crippen molar-refractivity contribution in [3.05, 3.63) is 29.3 Å². The van der Waals surface area contributed by atoms with Crippen LogP contribution in [0, 0.1) is 0 Å². The molecule has 0 bridgehead atoms. The molecule has 1 aromatic carbocycles. The van der Waals surface area contributed by atoms with Crippen molar-refractivity contribution in [2.45, 2.75) is 43.3 Å². The number of carbonyl (C=O) groups excluding carboxylic acids is 1. The standard InChI is InChI=1S/C18H27ClN2O3S2/c1-18(2,3)25-14-4-5-17(22)20-10-12-21(13-11-20)26(23,24)16-8-6-15(19)7-9-16/h6-9H,4-5,10-14H2,1-3H3. The van der Waals surface area contributed by atoms with Gasteiger partial charge in [-0.15, -0.1) is 0 Å². The molecule has 0 radical (unpaired) electrons. The van der Waals surface area contributed by atoms with Crippen molar-refractivity contribution in [3.8, 4) is 0 Å². The molecule has 5 nitrogen and oxygen atoms in total. The number of piperazine rings is 1. The highest BCUT2D eigenvalue weighted by molar-refractivity contribution is 8.00. The van der Waals surface area contributed by atoms with Crippen LogP contribution in [0.5, 0.6) is 0 Å². The molecule has 26 heavy (non-hydrogen) atoms. The van der Waals surface area contributed by atoms with Crippen molar-refractivity contribution in [2.75, 3.05) is 31.9 Å². The van der Waals surface area contributed by atoms with E-state index in [4.69, 9.17) is 11.6 Å². The lowest BCUT2D eigenvalue weighted by Crippen LogP contribution is -2.50. The first-order valence-electron chi connectivity index (χ1n) is 8.77. The Kier molecular flexibility index (Phi) is 7.42. The van der Waals surface area contributed by atoms with Gasteiger partial charge in [-0.25, -0.2) is 8.42 Å². The first kappa shape index (κ1) is 21.5. The fourth-order valence-electron chi connectivity index (χ4n) is 2.69. The second-order valence-corrected chi connectivity index (χ2v) is 11.6. The van der Waals surface area contributed by atoms with E-state index in [0.29, 0.717) is 37.6 Å². The minimum atomic E-state index is -3.53. The third-order valence-electron chi connectivity index (χ3n) is 4.11. The van der Waals surface area contributed by atoms with Crippen molar-refractivity contribution >= 4 is 39.3 Å². The molecule has 8 heteroatoms. The zero-order chi connectivity index (χ0) is 19.4. The zero-order valence-electron chi connectivity index (χ0n) is 15.6. The zero-order valence-corrected chi connectivity index (χ0v) is 18.0. The highest BCUT2D eigenvalue weighted by Gasteiger charge is 2.29. The third kappa shape index (κ3) is 6.15. The third-order valence-corrected chi connectivity index (χ3v) is 7.64. The van der Waals surface area contributed by atoms with Crippen molar-refractivity contribution in [1.29, 1.82) is 0 Å². The summed E-state index contributed by atoms with van der Waals surface area (Å²) < 4.78 is 27.0. The summed E-state index contributed by atoms with van der Waals surface area (Å²) in [4.78, 5) is 14.3. The molecule has 0 atom stereocenters. The molecule has 0 aliphatic carbocycles. The van der Waals surface area contributed by atoms with Gasteiger partial charge in [-0.1, -0.05) is 32.4 Å². The van der Waals surface area contributed by atoms with Gasteiger partial charge in [-0.2, -0.15) is 16.1 Å². The van der Waals surface area contributed by atoms with Crippen molar-refractivity contribution in [1.82, 2.24) is 9.21 Å². The number of carbonyl (C=O) groups is 1. The number of halogens is 1. The maximum Gasteiger partial charge on any atom is 0.243 e. The lowest BCUT2D eigenvalue weighted by atomic mass is 10.2. The number of hydrogen-bond donors (Lipinski definition) is 0. The SMILES string of the molecule is CC(C)(C)SCCCC(=O)N1CCN(S(=O)(=O)c2ccc(Cl)cc2)CC1. The van der Waals surface area contributed by atoms with Gasteiger partial charge in [0, 0.05) is 42.4 Å². The normalized spacial score (nSPS) is 16.7. The highest BCUT2D eigenvalue weighted by Crippen LogP contribution is 2.24. The average molecular weight is 419 g/mol. The Morgan fingerprint density at radius 3 is 2.23 bits per heavy atom. The summed E-state index contributed by atoms with van der Waals surface area (Å²) in [6.45, 7) is 8.04. The molecule has 0 saturated carbocycles. The fraction of sp³-hybridized carbons (Fsp3) is 0.611. The van der Waals surface area contributed by atoms with E-state index in [1.165, 1.54) is 16.4 Å². The Morgan fingerprint density at radius 1 is 1.12 bits per heavy atom. The summed E-state index contributed by atoms with van der Waals surface area (Å²) in [6, 6.07) is 6.18. The van der Waals surface area contributed by atoms with Crippen molar-refractivity contribution in [2.24, 2.45) is 0 Å². The number of rotatable bonds is 6. The Morgan fingerprint density at radius 2 is 1.69 bits per heavy atom. The predicted octanol–water partition coefficient (Wildman–Crippen LogP) is 3.48. The summed E-state index contributed by atoms with van der Waals surface area (Å²) in [7, 11) is -3.53. The van der Waals surface area contributed by atoms with Crippen LogP contribution in [0.1, 0.15) is 33.6 Å². The molecular weight excluding hydrogens is 392 g/mol. The summed E-state index contributed by atoms with van der Waals surface area (Å²) in [6.07, 6.45) is 1.37. The van der Waals surface area contributed by atoms with Crippen LogP contribution in [0.2, 0.25) is 5.02 Å². The van der Waals surface area contributed by atoms with Gasteiger partial charge in [-0.05, 0) is 36.4 Å². The molecule has 1 aromatic rings. The number of hydrogen-bond acceptors (Lipinski definition) is 4. The van der Waals surface area contributed by atoms with E-state index in [1.807, 2.05) is 11.8 Å². The van der Waals surface area contributed by atoms with E-state index in [-0.39, 0.29) is 15.5 Å². The van der Waals surface area contributed by atoms with Crippen LogP contribution in [-0.4, -0.2) is 60.2 Å². The Bertz CT molecular complexity index is 707. The van der Waals surface area contributed by atoms with E-state index in [2.05, 4.69) is 20.8 Å². The van der Waals surface area contributed by atoms with Gasteiger partial charge in [0.15, 0.2) is 0 Å². The largest absolute Gasteiger partial charge is 0.340 e. The molecular formula is C18H27ClN2O3S2. The van der Waals surface area contributed by atoms with E-state index < -0.39 is 10.0 Å². The van der Waals surface area contributed by atoms with Gasteiger partial charge in [0.25, 0.3) is 0 Å². The van der Waals surface area contributed by atoms with Crippen molar-refractivity contribution in [3.63, 3.8) is 0 Å². The lowest BCUT2D eigenvalue weighted by Gasteiger charge is -2.34. The lowest BCUT2D eigenvalue weighted by molar-refractivity contribution is -0.132. The second kappa shape index (κ2) is 8.95. The smallest absolute Gasteiger partial charge is 0.243 e. The van der Waals surface area contributed by atoms with Crippen LogP contribution in [0.3, 0.4) is 0 Å². The quantitative estimate of drug-likeness (QED) is 0.663. The molecule has 0 unspecified atom stereocenters. The van der Waals surface area contributed by atoms with Crippen LogP contribution in [0.15, 0.2) is 29.2 Å². The summed E-state index contributed by atoms with van der Waals surface area (Å²) in [5.41, 5.74) is 0. The molecule has 1 aliphatic rings. The van der Waals surface area contributed by atoms with Gasteiger partial charge in [0.1, 0.15) is 0 Å². The maximum atomic E-state index is 12.7. The van der Waals surface area contributed by atoms with E-state index in [1.54, 1.807) is 17.0 Å². The minimum absolute atomic E-state index is 0.114. The Balaban J connectivity index is 1.82. The van der Waals surface area contributed by atoms with Crippen LogP contribution in [-0.2, 0) is 14.8 Å². The fourth-order valence-corrected chi connectivity index (χ4v) is 5.14. The second-order valence-electron chi connectivity index (χ2n) is 7.30. The monoisotopic (exact) mass is 418 g/mol. The highest BCUT2D eigenvalue weighted by atomic mass is 35.5. The number of amides is 1. The molecule has 0 N–H and O–H groups in total. The summed E-state index contributed by atoms with van der Waals surface area (Å²) in [5.74, 6) is 1.07. The van der Waals surface area contributed by atoms with Crippen LogP contribution < -0.4 is 0 Å². The number of sulfonamides is 1. The molecule has 0 aromatic heterocycles. The molecule has 1 aliphatic heterocycles. The molecule has 1 amide bonds. The van der Waals surface area contributed by atoms with Gasteiger partial charge < -0.3 is 4.90 Å². The molecule has 2 rings (SSSR count). The number of benzene rings is 1. The van der Waals surface area contributed by atoms with Gasteiger partial charge >= 0.3 is 0 Å². The first-order chi connectivity index (χ1) is 12.1. The molecule has 146 valence electrons. The van der Waals surface area contributed by atoms with Gasteiger partial charge in [0.2, 0.25) is 15.9 Å². The molecule has 1 saturated heterocycles. The topological polar surface area (TPSA) is 57.7 Å². The van der Waals surface area contributed by atoms with E-state index in [9.17, 15) is 13.2 Å². The molecule has 1 fully saturated rings. The van der Waals surface area contributed by atoms with Crippen molar-refractivity contribution < 1.29 is 13.2 Å². The maximum absolute atomic E-state index is 12.7. The van der Waals surface area contributed by atoms with Gasteiger partial charge in [0.05, 0.1) is 4.90 Å². The van der Waals surface area contributed by atoms with Gasteiger partial charge in [-0.3, -0.25) is 4.79 Å². The predicted molar refractivity (Wildman–Crippen MR) is 108 cm³/mol. The van der Waals surface area contributed by atoms with Crippen LogP contribution >= 0.6 is 23.4 Å². The Labute approximate surface area is 166 Å².